The highest BCUT2D eigenvalue weighted by molar-refractivity contribution is 6.30. The molecule has 0 aromatic heterocycles. The van der Waals surface area contributed by atoms with E-state index in [2.05, 4.69) is 13.8 Å². The van der Waals surface area contributed by atoms with Gasteiger partial charge in [0.05, 0.1) is 12.7 Å². The molecule has 106 valence electrons. The van der Waals surface area contributed by atoms with Gasteiger partial charge in [0, 0.05) is 11.4 Å². The molecular formula is C16H23ClO2. The second-order valence-corrected chi connectivity index (χ2v) is 6.46. The van der Waals surface area contributed by atoms with E-state index < -0.39 is 5.60 Å². The lowest BCUT2D eigenvalue weighted by Gasteiger charge is -2.41. The van der Waals surface area contributed by atoms with E-state index in [-0.39, 0.29) is 0 Å². The van der Waals surface area contributed by atoms with Crippen LogP contribution in [-0.4, -0.2) is 17.8 Å². The van der Waals surface area contributed by atoms with E-state index in [4.69, 9.17) is 16.3 Å². The van der Waals surface area contributed by atoms with E-state index >= 15 is 0 Å². The Bertz CT molecular complexity index is 446. The van der Waals surface area contributed by atoms with E-state index in [1.165, 1.54) is 6.42 Å². The number of benzene rings is 1. The van der Waals surface area contributed by atoms with Gasteiger partial charge in [0.1, 0.15) is 5.75 Å². The SMILES string of the molecule is COc1ccc(Cl)cc1CC1(O)CC(C)CCC1C. The van der Waals surface area contributed by atoms with Gasteiger partial charge in [0.25, 0.3) is 0 Å². The molecule has 1 saturated carbocycles. The predicted octanol–water partition coefficient (Wildman–Crippen LogP) is 4.08. The third-order valence-electron chi connectivity index (χ3n) is 4.45. The number of methoxy groups -OCH3 is 1. The molecule has 2 rings (SSSR count). The Kier molecular flexibility index (Phi) is 4.42. The van der Waals surface area contributed by atoms with Crippen molar-refractivity contribution >= 4 is 11.6 Å². The van der Waals surface area contributed by atoms with Crippen LogP contribution in [0.25, 0.3) is 0 Å². The molecule has 0 spiro atoms. The molecule has 0 radical (unpaired) electrons. The maximum Gasteiger partial charge on any atom is 0.122 e. The van der Waals surface area contributed by atoms with Crippen LogP contribution in [0.4, 0.5) is 0 Å². The van der Waals surface area contributed by atoms with Gasteiger partial charge in [-0.05, 0) is 48.4 Å². The van der Waals surface area contributed by atoms with Crippen LogP contribution in [-0.2, 0) is 6.42 Å². The fourth-order valence-corrected chi connectivity index (χ4v) is 3.37. The van der Waals surface area contributed by atoms with E-state index in [0.29, 0.717) is 23.3 Å². The van der Waals surface area contributed by atoms with E-state index in [1.807, 2.05) is 18.2 Å². The van der Waals surface area contributed by atoms with Gasteiger partial charge >= 0.3 is 0 Å². The first-order valence-corrected chi connectivity index (χ1v) is 7.37. The Morgan fingerprint density at radius 3 is 2.79 bits per heavy atom. The topological polar surface area (TPSA) is 29.5 Å². The van der Waals surface area contributed by atoms with Crippen molar-refractivity contribution in [3.63, 3.8) is 0 Å². The third-order valence-corrected chi connectivity index (χ3v) is 4.69. The first-order chi connectivity index (χ1) is 8.94. The van der Waals surface area contributed by atoms with Crippen molar-refractivity contribution < 1.29 is 9.84 Å². The van der Waals surface area contributed by atoms with Crippen molar-refractivity contribution in [1.29, 1.82) is 0 Å². The van der Waals surface area contributed by atoms with Gasteiger partial charge in [-0.2, -0.15) is 0 Å². The van der Waals surface area contributed by atoms with E-state index in [9.17, 15) is 5.11 Å². The van der Waals surface area contributed by atoms with Crippen molar-refractivity contribution in [2.24, 2.45) is 11.8 Å². The third kappa shape index (κ3) is 3.24. The van der Waals surface area contributed by atoms with Gasteiger partial charge in [-0.15, -0.1) is 0 Å². The summed E-state index contributed by atoms with van der Waals surface area (Å²) in [5.41, 5.74) is 0.355. The zero-order chi connectivity index (χ0) is 14.0. The van der Waals surface area contributed by atoms with Gasteiger partial charge in [0.15, 0.2) is 0 Å². The Morgan fingerprint density at radius 1 is 1.37 bits per heavy atom. The average molecular weight is 283 g/mol. The lowest BCUT2D eigenvalue weighted by Crippen LogP contribution is -2.43. The zero-order valence-electron chi connectivity index (χ0n) is 11.9. The first kappa shape index (κ1) is 14.7. The van der Waals surface area contributed by atoms with Crippen LogP contribution in [0.2, 0.25) is 5.02 Å². The fourth-order valence-electron chi connectivity index (χ4n) is 3.17. The highest BCUT2D eigenvalue weighted by Crippen LogP contribution is 2.40. The fraction of sp³-hybridized carbons (Fsp3) is 0.625. The average Bonchev–Trinajstić information content (AvgIpc) is 2.34. The molecule has 1 aromatic carbocycles. The number of rotatable bonds is 3. The standard InChI is InChI=1S/C16H23ClO2/c1-11-4-5-12(2)16(18,9-11)10-13-8-14(17)6-7-15(13)19-3/h6-8,11-12,18H,4-5,9-10H2,1-3H3. The molecule has 19 heavy (non-hydrogen) atoms. The Morgan fingerprint density at radius 2 is 2.11 bits per heavy atom. The minimum atomic E-state index is -0.643. The van der Waals surface area contributed by atoms with Crippen LogP contribution in [0.1, 0.15) is 38.7 Å². The quantitative estimate of drug-likeness (QED) is 0.905. The summed E-state index contributed by atoms with van der Waals surface area (Å²) in [7, 11) is 1.66. The Balaban J connectivity index is 2.26. The van der Waals surface area contributed by atoms with Gasteiger partial charge < -0.3 is 9.84 Å². The number of hydrogen-bond acceptors (Lipinski definition) is 2. The molecule has 0 heterocycles. The number of halogens is 1. The van der Waals surface area contributed by atoms with E-state index in [0.717, 1.165) is 24.2 Å². The molecule has 0 saturated heterocycles. The summed E-state index contributed by atoms with van der Waals surface area (Å²) in [4.78, 5) is 0. The summed E-state index contributed by atoms with van der Waals surface area (Å²) in [5, 5.41) is 11.7. The molecule has 3 heteroatoms. The molecule has 1 aliphatic rings. The molecule has 1 fully saturated rings. The first-order valence-electron chi connectivity index (χ1n) is 6.99. The van der Waals surface area contributed by atoms with Crippen molar-refractivity contribution in [1.82, 2.24) is 0 Å². The highest BCUT2D eigenvalue weighted by Gasteiger charge is 2.39. The minimum absolute atomic E-state index is 0.312. The summed E-state index contributed by atoms with van der Waals surface area (Å²) < 4.78 is 5.38. The Hall–Kier alpha value is -0.730. The maximum absolute atomic E-state index is 11.0. The molecule has 0 amide bonds. The van der Waals surface area contributed by atoms with Gasteiger partial charge in [-0.1, -0.05) is 31.9 Å². The van der Waals surface area contributed by atoms with Crippen molar-refractivity contribution in [3.8, 4) is 5.75 Å². The second kappa shape index (κ2) is 5.72. The summed E-state index contributed by atoms with van der Waals surface area (Å²) >= 11 is 6.06. The van der Waals surface area contributed by atoms with Crippen LogP contribution in [0.15, 0.2) is 18.2 Å². The van der Waals surface area contributed by atoms with Crippen LogP contribution in [0.5, 0.6) is 5.75 Å². The van der Waals surface area contributed by atoms with Crippen LogP contribution in [0.3, 0.4) is 0 Å². The van der Waals surface area contributed by atoms with Crippen LogP contribution >= 0.6 is 11.6 Å². The molecule has 3 unspecified atom stereocenters. The smallest absolute Gasteiger partial charge is 0.122 e. The molecular weight excluding hydrogens is 260 g/mol. The van der Waals surface area contributed by atoms with E-state index in [1.54, 1.807) is 7.11 Å². The van der Waals surface area contributed by atoms with Gasteiger partial charge in [-0.3, -0.25) is 0 Å². The molecule has 3 atom stereocenters. The summed E-state index contributed by atoms with van der Waals surface area (Å²) in [6.07, 6.45) is 3.75. The molecule has 0 aliphatic heterocycles. The number of aliphatic hydroxyl groups is 1. The normalized spacial score (nSPS) is 31.2. The summed E-state index contributed by atoms with van der Waals surface area (Å²) in [5.74, 6) is 1.70. The number of hydrogen-bond donors (Lipinski definition) is 1. The minimum Gasteiger partial charge on any atom is -0.496 e. The lowest BCUT2D eigenvalue weighted by atomic mass is 9.69. The highest BCUT2D eigenvalue weighted by atomic mass is 35.5. The maximum atomic E-state index is 11.0. The molecule has 1 aromatic rings. The molecule has 1 aliphatic carbocycles. The summed E-state index contributed by atoms with van der Waals surface area (Å²) in [6, 6.07) is 5.60. The lowest BCUT2D eigenvalue weighted by molar-refractivity contribution is -0.0563. The van der Waals surface area contributed by atoms with Crippen molar-refractivity contribution in [3.05, 3.63) is 28.8 Å². The van der Waals surface area contributed by atoms with Gasteiger partial charge in [0.2, 0.25) is 0 Å². The monoisotopic (exact) mass is 282 g/mol. The van der Waals surface area contributed by atoms with Crippen LogP contribution < -0.4 is 4.74 Å². The second-order valence-electron chi connectivity index (χ2n) is 6.02. The molecule has 2 nitrogen and oxygen atoms in total. The Labute approximate surface area is 120 Å². The number of ether oxygens (including phenoxy) is 1. The largest absolute Gasteiger partial charge is 0.496 e. The molecule has 1 N–H and O–H groups in total. The van der Waals surface area contributed by atoms with Crippen molar-refractivity contribution in [2.45, 2.75) is 45.1 Å². The van der Waals surface area contributed by atoms with Gasteiger partial charge in [-0.25, -0.2) is 0 Å². The van der Waals surface area contributed by atoms with Crippen molar-refractivity contribution in [2.75, 3.05) is 7.11 Å². The summed E-state index contributed by atoms with van der Waals surface area (Å²) in [6.45, 7) is 4.36. The van der Waals surface area contributed by atoms with Crippen LogP contribution in [0, 0.1) is 11.8 Å². The molecule has 0 bridgehead atoms. The predicted molar refractivity (Wildman–Crippen MR) is 78.8 cm³/mol. The zero-order valence-corrected chi connectivity index (χ0v) is 12.7.